The topological polar surface area (TPSA) is 56.3 Å². The minimum atomic E-state index is -0.242. The lowest BCUT2D eigenvalue weighted by Crippen LogP contribution is -2.44. The minimum absolute atomic E-state index is 0.242. The molecule has 0 amide bonds. The molecule has 1 aromatic heterocycles. The maximum atomic E-state index is 14.7. The van der Waals surface area contributed by atoms with Crippen LogP contribution in [0.25, 0.3) is 0 Å². The molecule has 6 nitrogen and oxygen atoms in total. The van der Waals surface area contributed by atoms with Gasteiger partial charge in [-0.2, -0.15) is 4.98 Å². The van der Waals surface area contributed by atoms with Crippen LogP contribution in [0.2, 0.25) is 0 Å². The number of rotatable bonds is 5. The number of likely N-dealkylation sites (N-methyl/N-ethyl adjacent to an activating group) is 1. The average molecular weight is 407 g/mol. The predicted molar refractivity (Wildman–Crippen MR) is 121 cm³/mol. The van der Waals surface area contributed by atoms with Crippen LogP contribution >= 0.6 is 0 Å². The normalized spacial score (nSPS) is 14.6. The number of anilines is 5. The molecule has 30 heavy (non-hydrogen) atoms. The Bertz CT molecular complexity index is 1030. The smallest absolute Gasteiger partial charge is 0.229 e. The summed E-state index contributed by atoms with van der Waals surface area (Å²) in [4.78, 5) is 13.1. The van der Waals surface area contributed by atoms with Crippen molar-refractivity contribution in [2.75, 3.05) is 48.8 Å². The zero-order valence-electron chi connectivity index (χ0n) is 17.6. The van der Waals surface area contributed by atoms with E-state index in [2.05, 4.69) is 63.4 Å². The van der Waals surface area contributed by atoms with Gasteiger partial charge in [-0.1, -0.05) is 6.07 Å². The van der Waals surface area contributed by atoms with Crippen molar-refractivity contribution in [2.45, 2.75) is 13.8 Å². The minimum Gasteiger partial charge on any atom is -0.367 e. The van der Waals surface area contributed by atoms with Crippen LogP contribution < -0.4 is 15.5 Å². The Labute approximate surface area is 176 Å². The number of aryl methyl sites for hydroxylation is 2. The Morgan fingerprint density at radius 1 is 0.867 bits per heavy atom. The van der Waals surface area contributed by atoms with Gasteiger partial charge in [-0.25, -0.2) is 9.37 Å². The molecule has 1 aliphatic heterocycles. The summed E-state index contributed by atoms with van der Waals surface area (Å²) >= 11 is 0. The fraction of sp³-hybridized carbons (Fsp3) is 0.304. The first-order valence-electron chi connectivity index (χ1n) is 10.2. The van der Waals surface area contributed by atoms with Crippen molar-refractivity contribution >= 4 is 28.8 Å². The molecule has 1 saturated heterocycles. The first kappa shape index (κ1) is 20.1. The number of benzene rings is 2. The lowest BCUT2D eigenvalue weighted by Gasteiger charge is -2.34. The largest absolute Gasteiger partial charge is 0.367 e. The third kappa shape index (κ3) is 4.68. The molecule has 1 fully saturated rings. The molecular weight excluding hydrogens is 379 g/mol. The van der Waals surface area contributed by atoms with Crippen molar-refractivity contribution in [1.82, 2.24) is 14.9 Å². The van der Waals surface area contributed by atoms with Crippen LogP contribution in [0.4, 0.5) is 33.2 Å². The Morgan fingerprint density at radius 3 is 2.33 bits per heavy atom. The maximum absolute atomic E-state index is 14.7. The highest BCUT2D eigenvalue weighted by Gasteiger charge is 2.17. The van der Waals surface area contributed by atoms with Gasteiger partial charge in [0.15, 0.2) is 0 Å². The van der Waals surface area contributed by atoms with E-state index in [1.54, 1.807) is 12.3 Å². The molecule has 7 heteroatoms. The Kier molecular flexibility index (Phi) is 5.81. The second-order valence-electron chi connectivity index (χ2n) is 7.77. The van der Waals surface area contributed by atoms with Crippen LogP contribution in [0.1, 0.15) is 11.1 Å². The molecule has 2 heterocycles. The average Bonchev–Trinajstić information content (AvgIpc) is 2.72. The van der Waals surface area contributed by atoms with Gasteiger partial charge in [0.25, 0.3) is 0 Å². The molecule has 0 unspecified atom stereocenters. The third-order valence-electron chi connectivity index (χ3n) is 5.48. The molecule has 0 saturated carbocycles. The standard InChI is InChI=1S/C23H27FN6/c1-16-4-5-18(14-17(16)2)26-22-8-9-25-23(28-22)27-19-6-7-21(20(24)15-19)30-12-10-29(3)11-13-30/h4-9,14-15H,10-13H2,1-3H3,(H2,25,26,27,28). The van der Waals surface area contributed by atoms with Crippen LogP contribution in [0.5, 0.6) is 0 Å². The van der Waals surface area contributed by atoms with Crippen LogP contribution in [0.3, 0.4) is 0 Å². The van der Waals surface area contributed by atoms with Gasteiger partial charge in [-0.05, 0) is 68.4 Å². The molecule has 0 radical (unpaired) electrons. The third-order valence-corrected chi connectivity index (χ3v) is 5.48. The Morgan fingerprint density at radius 2 is 1.60 bits per heavy atom. The number of hydrogen-bond donors (Lipinski definition) is 2. The lowest BCUT2D eigenvalue weighted by atomic mass is 10.1. The summed E-state index contributed by atoms with van der Waals surface area (Å²) in [6.45, 7) is 7.69. The fourth-order valence-corrected chi connectivity index (χ4v) is 3.47. The number of aromatic nitrogens is 2. The van der Waals surface area contributed by atoms with Crippen LogP contribution in [0.15, 0.2) is 48.7 Å². The summed E-state index contributed by atoms with van der Waals surface area (Å²) in [7, 11) is 2.09. The molecule has 1 aliphatic rings. The van der Waals surface area contributed by atoms with Crippen molar-refractivity contribution < 1.29 is 4.39 Å². The van der Waals surface area contributed by atoms with Crippen molar-refractivity contribution in [3.8, 4) is 0 Å². The summed E-state index contributed by atoms with van der Waals surface area (Å²) in [6.07, 6.45) is 1.67. The van der Waals surface area contributed by atoms with Crippen molar-refractivity contribution in [2.24, 2.45) is 0 Å². The van der Waals surface area contributed by atoms with E-state index in [4.69, 9.17) is 0 Å². The number of nitrogens with zero attached hydrogens (tertiary/aromatic N) is 4. The highest BCUT2D eigenvalue weighted by atomic mass is 19.1. The summed E-state index contributed by atoms with van der Waals surface area (Å²) in [5, 5.41) is 6.39. The monoisotopic (exact) mass is 406 g/mol. The van der Waals surface area contributed by atoms with E-state index in [1.807, 2.05) is 18.2 Å². The van der Waals surface area contributed by atoms with E-state index in [-0.39, 0.29) is 5.82 Å². The van der Waals surface area contributed by atoms with Crippen LogP contribution in [0, 0.1) is 19.7 Å². The number of hydrogen-bond acceptors (Lipinski definition) is 6. The molecule has 4 rings (SSSR count). The van der Waals surface area contributed by atoms with E-state index < -0.39 is 0 Å². The number of nitrogens with one attached hydrogen (secondary N) is 2. The van der Waals surface area contributed by atoms with Gasteiger partial charge in [0.2, 0.25) is 5.95 Å². The highest BCUT2D eigenvalue weighted by Crippen LogP contribution is 2.26. The summed E-state index contributed by atoms with van der Waals surface area (Å²) in [5.41, 5.74) is 4.68. The highest BCUT2D eigenvalue weighted by molar-refractivity contribution is 5.63. The van der Waals surface area contributed by atoms with Gasteiger partial charge >= 0.3 is 0 Å². The first-order valence-corrected chi connectivity index (χ1v) is 10.2. The van der Waals surface area contributed by atoms with E-state index in [0.717, 1.165) is 31.9 Å². The van der Waals surface area contributed by atoms with Gasteiger partial charge in [0.05, 0.1) is 5.69 Å². The molecule has 0 aliphatic carbocycles. The summed E-state index contributed by atoms with van der Waals surface area (Å²) < 4.78 is 14.7. The SMILES string of the molecule is Cc1ccc(Nc2ccnc(Nc3ccc(N4CCN(C)CC4)c(F)c3)n2)cc1C. The molecule has 0 bridgehead atoms. The van der Waals surface area contributed by atoms with Crippen molar-refractivity contribution in [3.63, 3.8) is 0 Å². The maximum Gasteiger partial charge on any atom is 0.229 e. The first-order chi connectivity index (χ1) is 14.5. The quantitative estimate of drug-likeness (QED) is 0.652. The summed E-state index contributed by atoms with van der Waals surface area (Å²) in [5.74, 6) is 0.842. The van der Waals surface area contributed by atoms with E-state index in [9.17, 15) is 4.39 Å². The zero-order chi connectivity index (χ0) is 21.1. The molecule has 0 atom stereocenters. The zero-order valence-corrected chi connectivity index (χ0v) is 17.6. The Hall–Kier alpha value is -3.19. The fourth-order valence-electron chi connectivity index (χ4n) is 3.47. The second-order valence-corrected chi connectivity index (χ2v) is 7.77. The molecule has 0 spiro atoms. The van der Waals surface area contributed by atoms with Gasteiger partial charge in [0.1, 0.15) is 11.6 Å². The molecular formula is C23H27FN6. The van der Waals surface area contributed by atoms with E-state index in [0.29, 0.717) is 23.1 Å². The molecule has 2 N–H and O–H groups in total. The van der Waals surface area contributed by atoms with Crippen LogP contribution in [-0.4, -0.2) is 48.1 Å². The van der Waals surface area contributed by atoms with E-state index >= 15 is 0 Å². The van der Waals surface area contributed by atoms with Crippen LogP contribution in [-0.2, 0) is 0 Å². The van der Waals surface area contributed by atoms with Gasteiger partial charge in [0, 0.05) is 43.8 Å². The Balaban J connectivity index is 1.46. The molecule has 156 valence electrons. The van der Waals surface area contributed by atoms with Crippen molar-refractivity contribution in [3.05, 3.63) is 65.6 Å². The molecule has 2 aromatic carbocycles. The van der Waals surface area contributed by atoms with Gasteiger partial charge < -0.3 is 20.4 Å². The van der Waals surface area contributed by atoms with Gasteiger partial charge in [-0.3, -0.25) is 0 Å². The lowest BCUT2D eigenvalue weighted by molar-refractivity contribution is 0.311. The van der Waals surface area contributed by atoms with Crippen molar-refractivity contribution in [1.29, 1.82) is 0 Å². The molecule has 3 aromatic rings. The van der Waals surface area contributed by atoms with Gasteiger partial charge in [-0.15, -0.1) is 0 Å². The number of halogens is 1. The second kappa shape index (κ2) is 8.67. The van der Waals surface area contributed by atoms with E-state index in [1.165, 1.54) is 17.2 Å². The predicted octanol–water partition coefficient (Wildman–Crippen LogP) is 4.47. The summed E-state index contributed by atoms with van der Waals surface area (Å²) in [6, 6.07) is 13.2. The number of piperazine rings is 1.